The van der Waals surface area contributed by atoms with Crippen molar-refractivity contribution in [3.05, 3.63) is 23.0 Å². The van der Waals surface area contributed by atoms with Gasteiger partial charge in [-0.1, -0.05) is 5.16 Å². The van der Waals surface area contributed by atoms with Gasteiger partial charge in [-0.15, -0.1) is 11.3 Å². The number of carbonyl (C=O) groups excluding carboxylic acids is 2. The minimum Gasteiger partial charge on any atom is -0.478 e. The fourth-order valence-electron chi connectivity index (χ4n) is 3.53. The maximum Gasteiger partial charge on any atom is 0.362 e. The van der Waals surface area contributed by atoms with Crippen LogP contribution in [0.3, 0.4) is 0 Å². The lowest BCUT2D eigenvalue weighted by Crippen LogP contribution is -2.73. The highest BCUT2D eigenvalue weighted by Gasteiger charge is 2.56. The number of carbonyl (C=O) groups is 3. The molecular formula is C18H24N10O8S2. The molecular weight excluding hydrogens is 548 g/mol. The minimum atomic E-state index is -4.97. The molecule has 1 aliphatic heterocycles. The molecule has 206 valence electrons. The second-order valence-corrected chi connectivity index (χ2v) is 10.6. The summed E-state index contributed by atoms with van der Waals surface area (Å²) in [5, 5.41) is 28.0. The van der Waals surface area contributed by atoms with Gasteiger partial charge in [-0.25, -0.2) is 14.1 Å². The molecule has 20 heteroatoms. The Morgan fingerprint density at radius 1 is 1.37 bits per heavy atom. The van der Waals surface area contributed by atoms with Gasteiger partial charge in [0.2, 0.25) is 5.60 Å². The van der Waals surface area contributed by atoms with Crippen LogP contribution in [0.4, 0.5) is 5.13 Å². The number of amides is 2. The number of carboxylic acids is 1. The van der Waals surface area contributed by atoms with Gasteiger partial charge < -0.3 is 32.0 Å². The number of hydrogen-bond donors (Lipinski definition) is 6. The summed E-state index contributed by atoms with van der Waals surface area (Å²) in [5.41, 5.74) is 9.45. The van der Waals surface area contributed by atoms with Gasteiger partial charge in [0.1, 0.15) is 17.8 Å². The van der Waals surface area contributed by atoms with Gasteiger partial charge in [-0.3, -0.25) is 14.1 Å². The Balaban J connectivity index is 1.54. The van der Waals surface area contributed by atoms with E-state index >= 15 is 0 Å². The minimum absolute atomic E-state index is 0.0514. The van der Waals surface area contributed by atoms with Crippen molar-refractivity contribution in [1.29, 1.82) is 0 Å². The molecule has 1 aliphatic carbocycles. The largest absolute Gasteiger partial charge is 0.478 e. The van der Waals surface area contributed by atoms with Crippen LogP contribution in [-0.4, -0.2) is 96.6 Å². The SMILES string of the molecule is NCCNCc1cnn(C[C@H]2C(NC(=O)/C(=N\OC3(C(=O)O)CC3)c3csc(N)n3)C(=O)N2S(=O)(=O)O)n1. The number of nitrogen functional groups attached to an aromatic ring is 1. The van der Waals surface area contributed by atoms with Crippen molar-refractivity contribution in [2.75, 3.05) is 18.8 Å². The fraction of sp³-hybridized carbons (Fsp3) is 0.500. The number of aliphatic carboxylic acids is 1. The molecule has 2 amide bonds. The molecule has 1 unspecified atom stereocenters. The summed E-state index contributed by atoms with van der Waals surface area (Å²) >= 11 is 0.974. The molecule has 8 N–H and O–H groups in total. The summed E-state index contributed by atoms with van der Waals surface area (Å²) in [6.07, 6.45) is 1.76. The third-order valence-electron chi connectivity index (χ3n) is 5.65. The molecule has 3 heterocycles. The normalized spacial score (nSPS) is 20.6. The standard InChI is InChI=1S/C18H24N10O8S2/c19-3-4-21-5-9-6-22-27(25-9)7-11-13(15(30)28(11)38(33,34)35)24-14(29)12(10-8-37-17(20)23-10)26-36-18(1-2-18)16(31)32/h6,8,11,13,21H,1-5,7,19H2,(H2,20,23)(H,24,29)(H,31,32)(H,33,34,35)/b26-12-/t11-,13?/m0/s1. The van der Waals surface area contributed by atoms with Crippen LogP contribution >= 0.6 is 11.3 Å². The number of nitrogens with two attached hydrogens (primary N) is 2. The van der Waals surface area contributed by atoms with E-state index in [1.807, 2.05) is 0 Å². The summed E-state index contributed by atoms with van der Waals surface area (Å²) in [5.74, 6) is -3.40. The van der Waals surface area contributed by atoms with Crippen LogP contribution in [0.25, 0.3) is 0 Å². The van der Waals surface area contributed by atoms with E-state index in [-0.39, 0.29) is 34.5 Å². The van der Waals surface area contributed by atoms with E-state index in [1.54, 1.807) is 0 Å². The number of anilines is 1. The average molecular weight is 573 g/mol. The van der Waals surface area contributed by atoms with Gasteiger partial charge in [0.25, 0.3) is 11.8 Å². The van der Waals surface area contributed by atoms with Crippen LogP contribution in [0.2, 0.25) is 0 Å². The van der Waals surface area contributed by atoms with Gasteiger partial charge >= 0.3 is 16.3 Å². The number of carboxylic acid groups (broad SMARTS) is 1. The zero-order chi connectivity index (χ0) is 27.7. The second-order valence-electron chi connectivity index (χ2n) is 8.39. The van der Waals surface area contributed by atoms with Crippen molar-refractivity contribution in [2.45, 2.75) is 43.6 Å². The molecule has 38 heavy (non-hydrogen) atoms. The number of rotatable bonds is 13. The highest BCUT2D eigenvalue weighted by atomic mass is 32.2. The number of β-lactam (4-membered cyclic amide) rings is 1. The Morgan fingerprint density at radius 2 is 2.11 bits per heavy atom. The quantitative estimate of drug-likeness (QED) is 0.0456. The van der Waals surface area contributed by atoms with Gasteiger partial charge in [0, 0.05) is 37.9 Å². The zero-order valence-electron chi connectivity index (χ0n) is 19.6. The lowest BCUT2D eigenvalue weighted by molar-refractivity contribution is -0.153. The van der Waals surface area contributed by atoms with Gasteiger partial charge in [0.05, 0.1) is 18.4 Å². The van der Waals surface area contributed by atoms with Gasteiger partial charge in [-0.05, 0) is 0 Å². The van der Waals surface area contributed by atoms with Crippen LogP contribution in [0, 0.1) is 0 Å². The van der Waals surface area contributed by atoms with Crippen molar-refractivity contribution in [3.63, 3.8) is 0 Å². The molecule has 0 radical (unpaired) electrons. The molecule has 0 bridgehead atoms. The smallest absolute Gasteiger partial charge is 0.362 e. The number of nitrogens with one attached hydrogen (secondary N) is 2. The lowest BCUT2D eigenvalue weighted by Gasteiger charge is -2.43. The summed E-state index contributed by atoms with van der Waals surface area (Å²) in [7, 11) is -4.97. The average Bonchev–Trinajstić information content (AvgIpc) is 3.31. The highest BCUT2D eigenvalue weighted by molar-refractivity contribution is 7.84. The van der Waals surface area contributed by atoms with E-state index in [2.05, 4.69) is 31.0 Å². The topological polar surface area (TPSA) is 270 Å². The lowest BCUT2D eigenvalue weighted by atomic mass is 9.98. The third kappa shape index (κ3) is 5.72. The number of nitrogens with zero attached hydrogens (tertiary/aromatic N) is 6. The van der Waals surface area contributed by atoms with Crippen molar-refractivity contribution < 1.29 is 37.3 Å². The Bertz CT molecular complexity index is 1370. The Morgan fingerprint density at radius 3 is 2.68 bits per heavy atom. The Labute approximate surface area is 218 Å². The highest BCUT2D eigenvalue weighted by Crippen LogP contribution is 2.40. The van der Waals surface area contributed by atoms with Gasteiger partial charge in [-0.2, -0.15) is 23.4 Å². The molecule has 2 aromatic rings. The molecule has 1 saturated heterocycles. The summed E-state index contributed by atoms with van der Waals surface area (Å²) < 4.78 is 33.4. The second kappa shape index (κ2) is 10.6. The molecule has 1 saturated carbocycles. The first-order valence-corrected chi connectivity index (χ1v) is 13.3. The molecule has 0 spiro atoms. The molecule has 0 aromatic carbocycles. The van der Waals surface area contributed by atoms with Crippen LogP contribution in [0.5, 0.6) is 0 Å². The first-order valence-electron chi connectivity index (χ1n) is 11.1. The molecule has 2 atom stereocenters. The van der Waals surface area contributed by atoms with Gasteiger partial charge in [0.15, 0.2) is 10.8 Å². The molecule has 18 nitrogen and oxygen atoms in total. The van der Waals surface area contributed by atoms with E-state index < -0.39 is 51.5 Å². The predicted molar refractivity (Wildman–Crippen MR) is 129 cm³/mol. The number of oxime groups is 1. The molecule has 4 rings (SSSR count). The summed E-state index contributed by atoms with van der Waals surface area (Å²) in [6, 6.07) is -2.74. The Hall–Kier alpha value is -3.72. The molecule has 2 aliphatic rings. The number of hydrogen-bond acceptors (Lipinski definition) is 14. The zero-order valence-corrected chi connectivity index (χ0v) is 21.2. The van der Waals surface area contributed by atoms with Crippen molar-refractivity contribution >= 4 is 50.3 Å². The first kappa shape index (κ1) is 27.3. The van der Waals surface area contributed by atoms with Crippen LogP contribution in [0.15, 0.2) is 16.7 Å². The first-order chi connectivity index (χ1) is 17.9. The Kier molecular flexibility index (Phi) is 7.60. The van der Waals surface area contributed by atoms with E-state index in [0.29, 0.717) is 25.3 Å². The van der Waals surface area contributed by atoms with Crippen molar-refractivity contribution in [2.24, 2.45) is 10.9 Å². The predicted octanol–water partition coefficient (Wildman–Crippen LogP) is -3.10. The van der Waals surface area contributed by atoms with E-state index in [4.69, 9.17) is 16.3 Å². The number of thiazole rings is 1. The maximum absolute atomic E-state index is 13.1. The fourth-order valence-corrected chi connectivity index (χ4v) is 4.95. The molecule has 2 aromatic heterocycles. The van der Waals surface area contributed by atoms with Crippen molar-refractivity contribution in [3.8, 4) is 0 Å². The monoisotopic (exact) mass is 572 g/mol. The van der Waals surface area contributed by atoms with E-state index in [0.717, 1.165) is 16.1 Å². The molecule has 2 fully saturated rings. The number of aromatic nitrogens is 4. The summed E-state index contributed by atoms with van der Waals surface area (Å²) in [4.78, 5) is 47.4. The summed E-state index contributed by atoms with van der Waals surface area (Å²) in [6.45, 7) is 0.962. The van der Waals surface area contributed by atoms with Crippen LogP contribution in [-0.2, 0) is 42.6 Å². The van der Waals surface area contributed by atoms with Crippen LogP contribution < -0.4 is 22.1 Å². The third-order valence-corrected chi connectivity index (χ3v) is 7.27. The maximum atomic E-state index is 13.1. The van der Waals surface area contributed by atoms with Crippen molar-refractivity contribution in [1.82, 2.24) is 34.9 Å². The van der Waals surface area contributed by atoms with E-state index in [9.17, 15) is 32.5 Å². The van der Waals surface area contributed by atoms with E-state index in [1.165, 1.54) is 11.6 Å². The van der Waals surface area contributed by atoms with Crippen LogP contribution in [0.1, 0.15) is 24.2 Å².